The third kappa shape index (κ3) is 4.49. The van der Waals surface area contributed by atoms with E-state index in [-0.39, 0.29) is 6.61 Å². The monoisotopic (exact) mass is 416 g/mol. The van der Waals surface area contributed by atoms with Crippen LogP contribution in [0.3, 0.4) is 0 Å². The molecule has 8 heteroatoms. The summed E-state index contributed by atoms with van der Waals surface area (Å²) in [5, 5.41) is 9.90. The molecular formula is C21H24N2O5S. The van der Waals surface area contributed by atoms with Gasteiger partial charge in [0.15, 0.2) is 23.0 Å². The molecule has 0 amide bonds. The molecule has 2 aromatic carbocycles. The number of benzene rings is 2. The van der Waals surface area contributed by atoms with Crippen molar-refractivity contribution in [2.24, 2.45) is 0 Å². The first kappa shape index (κ1) is 21.0. The summed E-state index contributed by atoms with van der Waals surface area (Å²) in [4.78, 5) is 9.49. The first-order valence-corrected chi connectivity index (χ1v) is 10.1. The van der Waals surface area contributed by atoms with Gasteiger partial charge in [-0.3, -0.25) is 0 Å². The number of thioether (sulfide) groups is 1. The molecule has 1 N–H and O–H groups in total. The molecule has 0 bridgehead atoms. The molecule has 29 heavy (non-hydrogen) atoms. The summed E-state index contributed by atoms with van der Waals surface area (Å²) in [5.41, 5.74) is 2.38. The van der Waals surface area contributed by atoms with E-state index < -0.39 is 0 Å². The van der Waals surface area contributed by atoms with Crippen LogP contribution in [0.5, 0.6) is 23.0 Å². The highest BCUT2D eigenvalue weighted by molar-refractivity contribution is 7.98. The lowest BCUT2D eigenvalue weighted by molar-refractivity contribution is 0.322. The van der Waals surface area contributed by atoms with Gasteiger partial charge in [0.25, 0.3) is 0 Å². The van der Waals surface area contributed by atoms with Crippen molar-refractivity contribution in [3.8, 4) is 34.3 Å². The third-order valence-electron chi connectivity index (χ3n) is 4.37. The van der Waals surface area contributed by atoms with E-state index in [0.717, 1.165) is 22.2 Å². The van der Waals surface area contributed by atoms with Crippen molar-refractivity contribution in [3.63, 3.8) is 0 Å². The number of ether oxygens (including phenoxy) is 4. The Balaban J connectivity index is 2.21. The quantitative estimate of drug-likeness (QED) is 0.530. The molecule has 154 valence electrons. The molecule has 0 spiro atoms. The summed E-state index contributed by atoms with van der Waals surface area (Å²) in [5.74, 6) is 4.36. The van der Waals surface area contributed by atoms with Crippen LogP contribution < -0.4 is 18.9 Å². The molecule has 7 nitrogen and oxygen atoms in total. The molecule has 1 heterocycles. The molecule has 0 aliphatic heterocycles. The van der Waals surface area contributed by atoms with Crippen LogP contribution in [-0.4, -0.2) is 55.9 Å². The molecule has 1 aromatic heterocycles. The van der Waals surface area contributed by atoms with Gasteiger partial charge in [0, 0.05) is 22.8 Å². The van der Waals surface area contributed by atoms with Gasteiger partial charge >= 0.3 is 0 Å². The number of aliphatic hydroxyl groups is 1. The highest BCUT2D eigenvalue weighted by Crippen LogP contribution is 2.38. The summed E-state index contributed by atoms with van der Waals surface area (Å²) in [6.45, 7) is 0.117. The lowest BCUT2D eigenvalue weighted by Crippen LogP contribution is -2.01. The summed E-state index contributed by atoms with van der Waals surface area (Å²) < 4.78 is 21.7. The van der Waals surface area contributed by atoms with Crippen molar-refractivity contribution < 1.29 is 24.1 Å². The largest absolute Gasteiger partial charge is 0.493 e. The van der Waals surface area contributed by atoms with Crippen molar-refractivity contribution in [1.82, 2.24) is 9.97 Å². The van der Waals surface area contributed by atoms with Crippen molar-refractivity contribution in [3.05, 3.63) is 36.2 Å². The Morgan fingerprint density at radius 1 is 0.828 bits per heavy atom. The van der Waals surface area contributed by atoms with Gasteiger partial charge in [-0.25, -0.2) is 9.97 Å². The first-order valence-electron chi connectivity index (χ1n) is 8.98. The number of aliphatic hydroxyl groups excluding tert-OH is 1. The van der Waals surface area contributed by atoms with Gasteiger partial charge in [-0.05, 0) is 24.3 Å². The van der Waals surface area contributed by atoms with Crippen LogP contribution in [-0.2, 0) is 5.75 Å². The molecule has 0 fully saturated rings. The number of methoxy groups -OCH3 is 4. The fraction of sp³-hybridized carbons (Fsp3) is 0.333. The van der Waals surface area contributed by atoms with Crippen LogP contribution in [0.25, 0.3) is 22.2 Å². The van der Waals surface area contributed by atoms with E-state index in [1.807, 2.05) is 30.3 Å². The van der Waals surface area contributed by atoms with Crippen LogP contribution >= 0.6 is 11.8 Å². The maximum atomic E-state index is 9.06. The molecule has 0 aliphatic rings. The number of hydrogen-bond acceptors (Lipinski definition) is 8. The normalized spacial score (nSPS) is 10.8. The van der Waals surface area contributed by atoms with Gasteiger partial charge in [0.1, 0.15) is 5.82 Å². The molecular weight excluding hydrogens is 392 g/mol. The molecule has 3 aromatic rings. The molecule has 0 radical (unpaired) electrons. The second kappa shape index (κ2) is 9.67. The summed E-state index contributed by atoms with van der Waals surface area (Å²) in [7, 11) is 6.40. The highest BCUT2D eigenvalue weighted by Gasteiger charge is 2.16. The maximum absolute atomic E-state index is 9.06. The van der Waals surface area contributed by atoms with Crippen LogP contribution in [0.4, 0.5) is 0 Å². The predicted octanol–water partition coefficient (Wildman–Crippen LogP) is 3.56. The zero-order chi connectivity index (χ0) is 20.8. The van der Waals surface area contributed by atoms with Gasteiger partial charge in [0.2, 0.25) is 0 Å². The number of hydrogen-bond donors (Lipinski definition) is 1. The molecule has 0 saturated heterocycles. The van der Waals surface area contributed by atoms with Gasteiger partial charge in [-0.1, -0.05) is 0 Å². The van der Waals surface area contributed by atoms with Gasteiger partial charge in [-0.2, -0.15) is 11.8 Å². The Morgan fingerprint density at radius 3 is 2.14 bits per heavy atom. The highest BCUT2D eigenvalue weighted by atomic mass is 32.2. The minimum absolute atomic E-state index is 0.117. The first-order chi connectivity index (χ1) is 14.1. The Hall–Kier alpha value is -2.71. The topological polar surface area (TPSA) is 82.9 Å². The third-order valence-corrected chi connectivity index (χ3v) is 5.30. The average Bonchev–Trinajstić information content (AvgIpc) is 2.77. The minimum Gasteiger partial charge on any atom is -0.493 e. The standard InChI is InChI=1S/C21H24N2O5S/c1-25-16-6-5-13(9-17(16)26-2)21-14-10-18(27-3)19(28-4)11-15(14)22-20(23-21)12-29-8-7-24/h5-6,9-11,24H,7-8,12H2,1-4H3. The van der Waals surface area contributed by atoms with Crippen molar-refractivity contribution >= 4 is 22.7 Å². The second-order valence-electron chi connectivity index (χ2n) is 6.06. The van der Waals surface area contributed by atoms with Crippen molar-refractivity contribution in [2.75, 3.05) is 40.8 Å². The van der Waals surface area contributed by atoms with E-state index >= 15 is 0 Å². The van der Waals surface area contributed by atoms with Crippen LogP contribution in [0.15, 0.2) is 30.3 Å². The Morgan fingerprint density at radius 2 is 1.48 bits per heavy atom. The van der Waals surface area contributed by atoms with Crippen LogP contribution in [0.1, 0.15) is 5.82 Å². The van der Waals surface area contributed by atoms with E-state index in [1.54, 1.807) is 40.2 Å². The van der Waals surface area contributed by atoms with E-state index in [1.165, 1.54) is 0 Å². The maximum Gasteiger partial charge on any atom is 0.162 e. The molecule has 0 aliphatic carbocycles. The summed E-state index contributed by atoms with van der Waals surface area (Å²) in [6.07, 6.45) is 0. The van der Waals surface area contributed by atoms with E-state index in [2.05, 4.69) is 4.98 Å². The second-order valence-corrected chi connectivity index (χ2v) is 7.16. The Labute approximate surface area is 174 Å². The Bertz CT molecular complexity index is 996. The zero-order valence-electron chi connectivity index (χ0n) is 16.9. The number of nitrogens with zero attached hydrogens (tertiary/aromatic N) is 2. The fourth-order valence-corrected chi connectivity index (χ4v) is 3.58. The number of fused-ring (bicyclic) bond motifs is 1. The minimum atomic E-state index is 0.117. The average molecular weight is 416 g/mol. The van der Waals surface area contributed by atoms with Gasteiger partial charge in [-0.15, -0.1) is 0 Å². The Kier molecular flexibility index (Phi) is 7.00. The smallest absolute Gasteiger partial charge is 0.162 e. The number of aromatic nitrogens is 2. The van der Waals surface area contributed by atoms with Crippen LogP contribution in [0.2, 0.25) is 0 Å². The van der Waals surface area contributed by atoms with Gasteiger partial charge < -0.3 is 24.1 Å². The summed E-state index contributed by atoms with van der Waals surface area (Å²) in [6, 6.07) is 9.40. The predicted molar refractivity (Wildman–Crippen MR) is 114 cm³/mol. The fourth-order valence-electron chi connectivity index (χ4n) is 3.00. The van der Waals surface area contributed by atoms with Crippen molar-refractivity contribution in [1.29, 1.82) is 0 Å². The summed E-state index contributed by atoms with van der Waals surface area (Å²) >= 11 is 1.57. The molecule has 0 saturated carbocycles. The van der Waals surface area contributed by atoms with E-state index in [0.29, 0.717) is 40.3 Å². The lowest BCUT2D eigenvalue weighted by atomic mass is 10.0. The van der Waals surface area contributed by atoms with Gasteiger partial charge in [0.05, 0.1) is 52.0 Å². The van der Waals surface area contributed by atoms with Crippen LogP contribution in [0, 0.1) is 0 Å². The van der Waals surface area contributed by atoms with E-state index in [4.69, 9.17) is 29.0 Å². The SMILES string of the molecule is COc1ccc(-c2nc(CSCCO)nc3cc(OC)c(OC)cc23)cc1OC. The van der Waals surface area contributed by atoms with Crippen molar-refractivity contribution in [2.45, 2.75) is 5.75 Å². The molecule has 0 unspecified atom stereocenters. The molecule has 3 rings (SSSR count). The number of rotatable bonds is 9. The zero-order valence-corrected chi connectivity index (χ0v) is 17.7. The lowest BCUT2D eigenvalue weighted by Gasteiger charge is -2.14. The van der Waals surface area contributed by atoms with E-state index in [9.17, 15) is 0 Å². The molecule has 0 atom stereocenters.